The standard InChI is InChI=1S/C14H25N3O/c1-3-8-15-14(18)11(2)16-12-7-10-17-9-5-4-6-13(12)17/h3,11-13,16H,1,4-10H2,2H3,(H,15,18). The summed E-state index contributed by atoms with van der Waals surface area (Å²) in [5.41, 5.74) is 0. The molecule has 2 saturated heterocycles. The topological polar surface area (TPSA) is 44.4 Å². The van der Waals surface area contributed by atoms with Gasteiger partial charge in [-0.15, -0.1) is 6.58 Å². The summed E-state index contributed by atoms with van der Waals surface area (Å²) in [5.74, 6) is 0.0733. The SMILES string of the molecule is C=CCNC(=O)C(C)NC1CCN2CCCCC12. The summed E-state index contributed by atoms with van der Waals surface area (Å²) < 4.78 is 0. The molecule has 2 aliphatic rings. The second-order valence-electron chi connectivity index (χ2n) is 5.42. The van der Waals surface area contributed by atoms with Crippen LogP contribution in [0.4, 0.5) is 0 Å². The summed E-state index contributed by atoms with van der Waals surface area (Å²) in [6, 6.07) is 1.01. The lowest BCUT2D eigenvalue weighted by atomic mass is 9.98. The number of nitrogens with zero attached hydrogens (tertiary/aromatic N) is 1. The van der Waals surface area contributed by atoms with Gasteiger partial charge in [-0.3, -0.25) is 9.69 Å². The van der Waals surface area contributed by atoms with Crippen molar-refractivity contribution in [1.29, 1.82) is 0 Å². The first-order valence-electron chi connectivity index (χ1n) is 7.11. The van der Waals surface area contributed by atoms with E-state index in [2.05, 4.69) is 22.1 Å². The van der Waals surface area contributed by atoms with Gasteiger partial charge in [-0.05, 0) is 32.7 Å². The van der Waals surface area contributed by atoms with Gasteiger partial charge in [-0.25, -0.2) is 0 Å². The first-order chi connectivity index (χ1) is 8.72. The van der Waals surface area contributed by atoms with Gasteiger partial charge in [0.05, 0.1) is 6.04 Å². The molecular formula is C14H25N3O. The molecule has 2 heterocycles. The number of hydrogen-bond acceptors (Lipinski definition) is 3. The zero-order valence-corrected chi connectivity index (χ0v) is 11.3. The fraction of sp³-hybridized carbons (Fsp3) is 0.786. The van der Waals surface area contributed by atoms with Crippen molar-refractivity contribution in [3.05, 3.63) is 12.7 Å². The molecule has 0 saturated carbocycles. The second kappa shape index (κ2) is 6.34. The molecule has 2 aliphatic heterocycles. The second-order valence-corrected chi connectivity index (χ2v) is 5.42. The maximum absolute atomic E-state index is 11.8. The third-order valence-electron chi connectivity index (χ3n) is 4.13. The number of amides is 1. The molecule has 4 nitrogen and oxygen atoms in total. The van der Waals surface area contributed by atoms with E-state index in [0.29, 0.717) is 18.6 Å². The molecular weight excluding hydrogens is 226 g/mol. The molecule has 0 aromatic heterocycles. The third kappa shape index (κ3) is 3.12. The number of carbonyl (C=O) groups excluding carboxylic acids is 1. The molecule has 0 aromatic carbocycles. The van der Waals surface area contributed by atoms with Crippen LogP contribution in [0.3, 0.4) is 0 Å². The Hall–Kier alpha value is -0.870. The maximum Gasteiger partial charge on any atom is 0.237 e. The van der Waals surface area contributed by atoms with E-state index in [1.807, 2.05) is 6.92 Å². The number of hydrogen-bond donors (Lipinski definition) is 2. The van der Waals surface area contributed by atoms with Crippen LogP contribution in [0, 0.1) is 0 Å². The van der Waals surface area contributed by atoms with Gasteiger partial charge in [-0.1, -0.05) is 12.5 Å². The van der Waals surface area contributed by atoms with Crippen molar-refractivity contribution in [3.63, 3.8) is 0 Å². The van der Waals surface area contributed by atoms with Crippen molar-refractivity contribution in [2.45, 2.75) is 50.7 Å². The molecule has 3 unspecified atom stereocenters. The molecule has 0 aliphatic carbocycles. The fourth-order valence-electron chi connectivity index (χ4n) is 3.16. The van der Waals surface area contributed by atoms with Gasteiger partial charge in [-0.2, -0.15) is 0 Å². The molecule has 0 aromatic rings. The average Bonchev–Trinajstić information content (AvgIpc) is 2.79. The predicted octanol–water partition coefficient (Wildman–Crippen LogP) is 0.894. The highest BCUT2D eigenvalue weighted by Gasteiger charge is 2.36. The smallest absolute Gasteiger partial charge is 0.237 e. The van der Waals surface area contributed by atoms with E-state index < -0.39 is 0 Å². The molecule has 0 bridgehead atoms. The van der Waals surface area contributed by atoms with Crippen LogP contribution < -0.4 is 10.6 Å². The minimum absolute atomic E-state index is 0.0733. The highest BCUT2D eigenvalue weighted by atomic mass is 16.2. The van der Waals surface area contributed by atoms with Crippen LogP contribution in [0.25, 0.3) is 0 Å². The van der Waals surface area contributed by atoms with Crippen LogP contribution in [0.1, 0.15) is 32.6 Å². The lowest BCUT2D eigenvalue weighted by Gasteiger charge is -2.33. The Morgan fingerprint density at radius 1 is 1.44 bits per heavy atom. The van der Waals surface area contributed by atoms with Crippen molar-refractivity contribution >= 4 is 5.91 Å². The van der Waals surface area contributed by atoms with Gasteiger partial charge in [0, 0.05) is 25.2 Å². The number of carbonyl (C=O) groups is 1. The van der Waals surface area contributed by atoms with E-state index in [4.69, 9.17) is 0 Å². The molecule has 3 atom stereocenters. The Bertz CT molecular complexity index is 305. The molecule has 18 heavy (non-hydrogen) atoms. The molecule has 0 spiro atoms. The molecule has 4 heteroatoms. The summed E-state index contributed by atoms with van der Waals surface area (Å²) in [6.07, 6.45) is 6.82. The monoisotopic (exact) mass is 251 g/mol. The lowest BCUT2D eigenvalue weighted by molar-refractivity contribution is -0.122. The van der Waals surface area contributed by atoms with Crippen molar-refractivity contribution in [2.75, 3.05) is 19.6 Å². The van der Waals surface area contributed by atoms with Gasteiger partial charge in [0.15, 0.2) is 0 Å². The van der Waals surface area contributed by atoms with Gasteiger partial charge in [0.2, 0.25) is 5.91 Å². The minimum atomic E-state index is -0.114. The zero-order valence-electron chi connectivity index (χ0n) is 11.3. The summed E-state index contributed by atoms with van der Waals surface area (Å²) in [6.45, 7) is 8.52. The molecule has 1 amide bonds. The fourth-order valence-corrected chi connectivity index (χ4v) is 3.16. The van der Waals surface area contributed by atoms with Gasteiger partial charge in [0.1, 0.15) is 0 Å². The van der Waals surface area contributed by atoms with Crippen molar-refractivity contribution in [3.8, 4) is 0 Å². The average molecular weight is 251 g/mol. The zero-order chi connectivity index (χ0) is 13.0. The number of piperidine rings is 1. The molecule has 2 fully saturated rings. The number of fused-ring (bicyclic) bond motifs is 1. The van der Waals surface area contributed by atoms with E-state index in [1.54, 1.807) is 6.08 Å². The highest BCUT2D eigenvalue weighted by molar-refractivity contribution is 5.81. The maximum atomic E-state index is 11.8. The largest absolute Gasteiger partial charge is 0.351 e. The minimum Gasteiger partial charge on any atom is -0.351 e. The normalized spacial score (nSPS) is 29.6. The van der Waals surface area contributed by atoms with Crippen molar-refractivity contribution in [1.82, 2.24) is 15.5 Å². The van der Waals surface area contributed by atoms with Gasteiger partial charge in [0.25, 0.3) is 0 Å². The van der Waals surface area contributed by atoms with E-state index in [-0.39, 0.29) is 11.9 Å². The Labute approximate surface area is 110 Å². The van der Waals surface area contributed by atoms with Crippen LogP contribution in [0.5, 0.6) is 0 Å². The van der Waals surface area contributed by atoms with E-state index in [9.17, 15) is 4.79 Å². The lowest BCUT2D eigenvalue weighted by Crippen LogP contribution is -2.51. The predicted molar refractivity (Wildman–Crippen MR) is 73.4 cm³/mol. The molecule has 0 radical (unpaired) electrons. The number of nitrogens with one attached hydrogen (secondary N) is 2. The molecule has 2 rings (SSSR count). The van der Waals surface area contributed by atoms with Crippen molar-refractivity contribution < 1.29 is 4.79 Å². The highest BCUT2D eigenvalue weighted by Crippen LogP contribution is 2.27. The third-order valence-corrected chi connectivity index (χ3v) is 4.13. The molecule has 102 valence electrons. The van der Waals surface area contributed by atoms with Crippen LogP contribution >= 0.6 is 0 Å². The Morgan fingerprint density at radius 2 is 2.28 bits per heavy atom. The van der Waals surface area contributed by atoms with E-state index >= 15 is 0 Å². The van der Waals surface area contributed by atoms with Crippen LogP contribution in [0.2, 0.25) is 0 Å². The summed E-state index contributed by atoms with van der Waals surface area (Å²) >= 11 is 0. The van der Waals surface area contributed by atoms with E-state index in [1.165, 1.54) is 38.8 Å². The summed E-state index contributed by atoms with van der Waals surface area (Å²) in [4.78, 5) is 14.4. The van der Waals surface area contributed by atoms with Crippen LogP contribution in [-0.2, 0) is 4.79 Å². The Kier molecular flexibility index (Phi) is 4.78. The summed E-state index contributed by atoms with van der Waals surface area (Å²) in [7, 11) is 0. The van der Waals surface area contributed by atoms with Crippen molar-refractivity contribution in [2.24, 2.45) is 0 Å². The van der Waals surface area contributed by atoms with Crippen LogP contribution in [0.15, 0.2) is 12.7 Å². The van der Waals surface area contributed by atoms with Gasteiger partial charge >= 0.3 is 0 Å². The molecule has 2 N–H and O–H groups in total. The Morgan fingerprint density at radius 3 is 3.06 bits per heavy atom. The van der Waals surface area contributed by atoms with Crippen LogP contribution in [-0.4, -0.2) is 48.6 Å². The first-order valence-corrected chi connectivity index (χ1v) is 7.11. The summed E-state index contributed by atoms with van der Waals surface area (Å²) in [5, 5.41) is 6.34. The Balaban J connectivity index is 1.81. The van der Waals surface area contributed by atoms with Gasteiger partial charge < -0.3 is 10.6 Å². The number of rotatable bonds is 5. The van der Waals surface area contributed by atoms with E-state index in [0.717, 1.165) is 0 Å². The first kappa shape index (κ1) is 13.6. The quantitative estimate of drug-likeness (QED) is 0.713.